The van der Waals surface area contributed by atoms with Gasteiger partial charge in [0, 0.05) is 30.3 Å². The van der Waals surface area contributed by atoms with E-state index in [2.05, 4.69) is 10.6 Å². The van der Waals surface area contributed by atoms with E-state index in [0.29, 0.717) is 16.9 Å². The minimum Gasteiger partial charge on any atom is -0.379 e. The Morgan fingerprint density at radius 3 is 2.38 bits per heavy atom. The average Bonchev–Trinajstić information content (AvgIpc) is 2.55. The van der Waals surface area contributed by atoms with Gasteiger partial charge in [0.2, 0.25) is 5.91 Å². The number of para-hydroxylation sites is 2. The molecule has 0 unspecified atom stereocenters. The number of rotatable bonds is 7. The number of Topliss-reactive ketones (excluding diaryl/α,β-unsaturated/α-hetero) is 1. The molecule has 2 aromatic carbocycles. The van der Waals surface area contributed by atoms with Crippen LogP contribution in [0.3, 0.4) is 0 Å². The van der Waals surface area contributed by atoms with E-state index in [9.17, 15) is 19.7 Å². The van der Waals surface area contributed by atoms with Crippen molar-refractivity contribution in [2.75, 3.05) is 17.2 Å². The van der Waals surface area contributed by atoms with Gasteiger partial charge < -0.3 is 10.6 Å². The van der Waals surface area contributed by atoms with E-state index in [1.165, 1.54) is 13.0 Å². The summed E-state index contributed by atoms with van der Waals surface area (Å²) >= 11 is 0. The van der Waals surface area contributed by atoms with Crippen LogP contribution in [-0.4, -0.2) is 23.2 Å². The molecule has 0 fully saturated rings. The van der Waals surface area contributed by atoms with Crippen molar-refractivity contribution in [3.63, 3.8) is 0 Å². The fraction of sp³-hybridized carbons (Fsp3) is 0.176. The summed E-state index contributed by atoms with van der Waals surface area (Å²) in [5.74, 6) is -0.266. The van der Waals surface area contributed by atoms with Gasteiger partial charge in [-0.3, -0.25) is 19.7 Å². The molecule has 0 saturated heterocycles. The fourth-order valence-electron chi connectivity index (χ4n) is 2.10. The van der Waals surface area contributed by atoms with Crippen LogP contribution in [0.1, 0.15) is 23.7 Å². The number of carbonyl (C=O) groups excluding carboxylic acids is 2. The molecular weight excluding hydrogens is 310 g/mol. The normalized spacial score (nSPS) is 10.0. The molecule has 2 rings (SSSR count). The van der Waals surface area contributed by atoms with Gasteiger partial charge in [0.05, 0.1) is 4.92 Å². The third-order valence-corrected chi connectivity index (χ3v) is 3.34. The highest BCUT2D eigenvalue weighted by molar-refractivity contribution is 5.95. The molecular formula is C17H17N3O4. The molecule has 0 saturated carbocycles. The number of nitrogens with one attached hydrogen (secondary N) is 2. The molecule has 0 spiro atoms. The molecule has 7 nitrogen and oxygen atoms in total. The number of nitrogens with zero attached hydrogens (tertiary/aromatic N) is 1. The van der Waals surface area contributed by atoms with Crippen LogP contribution >= 0.6 is 0 Å². The van der Waals surface area contributed by atoms with Gasteiger partial charge in [0.1, 0.15) is 5.69 Å². The summed E-state index contributed by atoms with van der Waals surface area (Å²) in [6.45, 7) is 1.74. The second-order valence-electron chi connectivity index (χ2n) is 5.13. The highest BCUT2D eigenvalue weighted by Gasteiger charge is 2.12. The van der Waals surface area contributed by atoms with E-state index in [-0.39, 0.29) is 30.3 Å². The first-order chi connectivity index (χ1) is 11.5. The number of nitro benzene ring substituents is 1. The van der Waals surface area contributed by atoms with E-state index in [0.717, 1.165) is 0 Å². The second-order valence-corrected chi connectivity index (χ2v) is 5.13. The zero-order chi connectivity index (χ0) is 17.5. The van der Waals surface area contributed by atoms with Gasteiger partial charge >= 0.3 is 0 Å². The van der Waals surface area contributed by atoms with Crippen LogP contribution in [0.15, 0.2) is 48.5 Å². The summed E-state index contributed by atoms with van der Waals surface area (Å²) in [6, 6.07) is 12.9. The van der Waals surface area contributed by atoms with Crippen LogP contribution in [0.4, 0.5) is 17.1 Å². The van der Waals surface area contributed by atoms with Crippen molar-refractivity contribution < 1.29 is 14.5 Å². The Morgan fingerprint density at radius 2 is 1.75 bits per heavy atom. The largest absolute Gasteiger partial charge is 0.379 e. The highest BCUT2D eigenvalue weighted by atomic mass is 16.6. The molecule has 0 aromatic heterocycles. The Bertz CT molecular complexity index is 757. The molecule has 1 amide bonds. The van der Waals surface area contributed by atoms with Crippen LogP contribution in [0.5, 0.6) is 0 Å². The van der Waals surface area contributed by atoms with E-state index in [4.69, 9.17) is 0 Å². The smallest absolute Gasteiger partial charge is 0.292 e. The Labute approximate surface area is 138 Å². The SMILES string of the molecule is CC(=O)c1ccc(NC(=O)CCNc2ccccc2[N+](=O)[O-])cc1. The molecule has 2 N–H and O–H groups in total. The molecule has 2 aromatic rings. The summed E-state index contributed by atoms with van der Waals surface area (Å²) in [5, 5.41) is 16.5. The van der Waals surface area contributed by atoms with Crippen molar-refractivity contribution in [1.29, 1.82) is 0 Å². The number of carbonyl (C=O) groups is 2. The first-order valence-electron chi connectivity index (χ1n) is 7.35. The summed E-state index contributed by atoms with van der Waals surface area (Å²) in [6.07, 6.45) is 0.153. The molecule has 0 atom stereocenters. The summed E-state index contributed by atoms with van der Waals surface area (Å²) in [7, 11) is 0. The number of hydrogen-bond donors (Lipinski definition) is 2. The predicted molar refractivity (Wildman–Crippen MR) is 91.3 cm³/mol. The Morgan fingerprint density at radius 1 is 1.08 bits per heavy atom. The van der Waals surface area contributed by atoms with E-state index < -0.39 is 4.92 Å². The number of nitro groups is 1. The first-order valence-corrected chi connectivity index (χ1v) is 7.35. The van der Waals surface area contributed by atoms with Crippen molar-refractivity contribution in [3.8, 4) is 0 Å². The molecule has 124 valence electrons. The van der Waals surface area contributed by atoms with Crippen molar-refractivity contribution in [3.05, 3.63) is 64.2 Å². The standard InChI is InChI=1S/C17H17N3O4/c1-12(21)13-6-8-14(9-7-13)19-17(22)10-11-18-15-4-2-3-5-16(15)20(23)24/h2-9,18H,10-11H2,1H3,(H,19,22). The molecule has 7 heteroatoms. The number of anilines is 2. The topological polar surface area (TPSA) is 101 Å². The maximum Gasteiger partial charge on any atom is 0.292 e. The van der Waals surface area contributed by atoms with Crippen molar-refractivity contribution in [1.82, 2.24) is 0 Å². The fourth-order valence-corrected chi connectivity index (χ4v) is 2.10. The molecule has 0 heterocycles. The minimum absolute atomic E-state index is 0.0299. The van der Waals surface area contributed by atoms with Crippen molar-refractivity contribution in [2.24, 2.45) is 0 Å². The molecule has 24 heavy (non-hydrogen) atoms. The van der Waals surface area contributed by atoms with E-state index in [1.54, 1.807) is 42.5 Å². The quantitative estimate of drug-likeness (QED) is 0.462. The van der Waals surface area contributed by atoms with E-state index >= 15 is 0 Å². The van der Waals surface area contributed by atoms with Crippen LogP contribution in [-0.2, 0) is 4.79 Å². The van der Waals surface area contributed by atoms with E-state index in [1.807, 2.05) is 0 Å². The Balaban J connectivity index is 1.85. The van der Waals surface area contributed by atoms with Gasteiger partial charge in [0.15, 0.2) is 5.78 Å². The third-order valence-electron chi connectivity index (χ3n) is 3.34. The first kappa shape index (κ1) is 17.1. The summed E-state index contributed by atoms with van der Waals surface area (Å²) in [4.78, 5) is 33.5. The number of amides is 1. The van der Waals surface area contributed by atoms with Gasteiger partial charge in [-0.25, -0.2) is 0 Å². The van der Waals surface area contributed by atoms with Crippen molar-refractivity contribution >= 4 is 28.8 Å². The molecule has 0 aliphatic heterocycles. The van der Waals surface area contributed by atoms with Gasteiger partial charge in [-0.15, -0.1) is 0 Å². The molecule has 0 aliphatic carbocycles. The second kappa shape index (κ2) is 7.87. The Kier molecular flexibility index (Phi) is 5.62. The highest BCUT2D eigenvalue weighted by Crippen LogP contribution is 2.22. The number of benzene rings is 2. The van der Waals surface area contributed by atoms with Gasteiger partial charge in [-0.1, -0.05) is 12.1 Å². The van der Waals surface area contributed by atoms with Crippen LogP contribution in [0.2, 0.25) is 0 Å². The van der Waals surface area contributed by atoms with Crippen LogP contribution in [0.25, 0.3) is 0 Å². The lowest BCUT2D eigenvalue weighted by atomic mass is 10.1. The van der Waals surface area contributed by atoms with Gasteiger partial charge in [-0.2, -0.15) is 0 Å². The third kappa shape index (κ3) is 4.64. The summed E-state index contributed by atoms with van der Waals surface area (Å²) in [5.41, 5.74) is 1.51. The zero-order valence-electron chi connectivity index (χ0n) is 13.1. The van der Waals surface area contributed by atoms with Gasteiger partial charge in [0.25, 0.3) is 5.69 Å². The predicted octanol–water partition coefficient (Wildman–Crippen LogP) is 3.24. The van der Waals surface area contributed by atoms with Crippen molar-refractivity contribution in [2.45, 2.75) is 13.3 Å². The molecule has 0 aliphatic rings. The summed E-state index contributed by atoms with van der Waals surface area (Å²) < 4.78 is 0. The monoisotopic (exact) mass is 327 g/mol. The lowest BCUT2D eigenvalue weighted by Gasteiger charge is -2.08. The average molecular weight is 327 g/mol. The Hall–Kier alpha value is -3.22. The molecule has 0 radical (unpaired) electrons. The zero-order valence-corrected chi connectivity index (χ0v) is 13.1. The van der Waals surface area contributed by atoms with Crippen LogP contribution < -0.4 is 10.6 Å². The maximum absolute atomic E-state index is 11.9. The number of hydrogen-bond acceptors (Lipinski definition) is 5. The van der Waals surface area contributed by atoms with Crippen LogP contribution in [0, 0.1) is 10.1 Å². The lowest BCUT2D eigenvalue weighted by molar-refractivity contribution is -0.384. The van der Waals surface area contributed by atoms with Gasteiger partial charge in [-0.05, 0) is 37.3 Å². The maximum atomic E-state index is 11.9. The lowest BCUT2D eigenvalue weighted by Crippen LogP contribution is -2.16. The molecule has 0 bridgehead atoms. The minimum atomic E-state index is -0.473. The number of ketones is 1.